The van der Waals surface area contributed by atoms with Crippen LogP contribution in [0.15, 0.2) is 36.7 Å². The summed E-state index contributed by atoms with van der Waals surface area (Å²) in [5.74, 6) is -2.79. The second kappa shape index (κ2) is 4.79. The molecule has 6 heteroatoms. The van der Waals surface area contributed by atoms with Crippen molar-refractivity contribution in [1.29, 1.82) is 0 Å². The van der Waals surface area contributed by atoms with Gasteiger partial charge >= 0.3 is 0 Å². The maximum atomic E-state index is 12.9. The van der Waals surface area contributed by atoms with Gasteiger partial charge in [-0.2, -0.15) is 0 Å². The van der Waals surface area contributed by atoms with Gasteiger partial charge in [-0.25, -0.2) is 8.78 Å². The third-order valence-corrected chi connectivity index (χ3v) is 2.16. The van der Waals surface area contributed by atoms with Crippen LogP contribution < -0.4 is 5.32 Å². The zero-order chi connectivity index (χ0) is 13.1. The van der Waals surface area contributed by atoms with E-state index in [0.717, 1.165) is 12.1 Å². The van der Waals surface area contributed by atoms with Gasteiger partial charge in [0.05, 0.1) is 11.8 Å². The molecule has 0 bridgehead atoms. The second-order valence-electron chi connectivity index (χ2n) is 3.51. The molecule has 1 amide bonds. The van der Waals surface area contributed by atoms with Crippen molar-refractivity contribution in [2.75, 3.05) is 5.32 Å². The fraction of sp³-hybridized carbons (Fsp3) is 0. The number of benzene rings is 1. The first-order valence-electron chi connectivity index (χ1n) is 4.96. The quantitative estimate of drug-likeness (QED) is 0.859. The first-order chi connectivity index (χ1) is 8.56. The van der Waals surface area contributed by atoms with Crippen molar-refractivity contribution in [2.24, 2.45) is 0 Å². The average molecular weight is 250 g/mol. The summed E-state index contributed by atoms with van der Waals surface area (Å²) in [6, 6.07) is 4.21. The Bertz CT molecular complexity index is 602. The van der Waals surface area contributed by atoms with E-state index in [0.29, 0.717) is 0 Å². The summed E-state index contributed by atoms with van der Waals surface area (Å²) in [5.41, 5.74) is 0.224. The topological polar surface area (TPSA) is 62.2 Å². The molecule has 0 unspecified atom stereocenters. The third-order valence-electron chi connectivity index (χ3n) is 2.16. The molecule has 4 nitrogen and oxygen atoms in total. The summed E-state index contributed by atoms with van der Waals surface area (Å²) < 4.78 is 25.6. The number of aromatic hydroxyl groups is 1. The van der Waals surface area contributed by atoms with Crippen LogP contribution in [0.1, 0.15) is 10.4 Å². The zero-order valence-electron chi connectivity index (χ0n) is 9.02. The first-order valence-corrected chi connectivity index (χ1v) is 4.96. The van der Waals surface area contributed by atoms with Crippen LogP contribution in [-0.2, 0) is 0 Å². The van der Waals surface area contributed by atoms with E-state index in [-0.39, 0.29) is 17.0 Å². The summed E-state index contributed by atoms with van der Waals surface area (Å²) in [4.78, 5) is 15.3. The number of halogens is 2. The highest BCUT2D eigenvalue weighted by atomic mass is 19.2. The van der Waals surface area contributed by atoms with Gasteiger partial charge in [0.1, 0.15) is 5.75 Å². The summed E-state index contributed by atoms with van der Waals surface area (Å²) in [6.45, 7) is 0. The Hall–Kier alpha value is -2.50. The van der Waals surface area contributed by atoms with E-state index < -0.39 is 17.5 Å². The van der Waals surface area contributed by atoms with Crippen LogP contribution >= 0.6 is 0 Å². The lowest BCUT2D eigenvalue weighted by molar-refractivity contribution is 0.102. The van der Waals surface area contributed by atoms with Crippen molar-refractivity contribution in [3.63, 3.8) is 0 Å². The van der Waals surface area contributed by atoms with E-state index in [9.17, 15) is 13.6 Å². The van der Waals surface area contributed by atoms with Gasteiger partial charge in [-0.3, -0.25) is 9.78 Å². The highest BCUT2D eigenvalue weighted by Crippen LogP contribution is 2.15. The Morgan fingerprint density at radius 3 is 2.61 bits per heavy atom. The number of pyridine rings is 1. The van der Waals surface area contributed by atoms with Gasteiger partial charge in [-0.05, 0) is 18.2 Å². The molecule has 1 aromatic heterocycles. The average Bonchev–Trinajstić information content (AvgIpc) is 2.34. The molecule has 0 spiro atoms. The Kier molecular flexibility index (Phi) is 3.18. The molecule has 18 heavy (non-hydrogen) atoms. The Morgan fingerprint density at radius 2 is 1.94 bits per heavy atom. The maximum Gasteiger partial charge on any atom is 0.257 e. The molecule has 0 aliphatic heterocycles. The molecular formula is C12H8F2N2O2. The molecule has 0 radical (unpaired) electrons. The molecular weight excluding hydrogens is 242 g/mol. The van der Waals surface area contributed by atoms with E-state index in [1.807, 2.05) is 0 Å². The maximum absolute atomic E-state index is 12.9. The summed E-state index contributed by atoms with van der Waals surface area (Å²) in [7, 11) is 0. The monoisotopic (exact) mass is 250 g/mol. The van der Waals surface area contributed by atoms with Crippen molar-refractivity contribution in [2.45, 2.75) is 0 Å². The highest BCUT2D eigenvalue weighted by Gasteiger charge is 2.09. The number of nitrogens with one attached hydrogen (secondary N) is 1. The van der Waals surface area contributed by atoms with E-state index in [4.69, 9.17) is 5.11 Å². The van der Waals surface area contributed by atoms with Gasteiger partial charge in [-0.1, -0.05) is 0 Å². The van der Waals surface area contributed by atoms with Crippen LogP contribution in [-0.4, -0.2) is 16.0 Å². The van der Waals surface area contributed by atoms with Crippen molar-refractivity contribution in [3.8, 4) is 5.75 Å². The molecule has 0 aliphatic rings. The van der Waals surface area contributed by atoms with Crippen LogP contribution in [0.3, 0.4) is 0 Å². The van der Waals surface area contributed by atoms with Crippen LogP contribution in [0.25, 0.3) is 0 Å². The molecule has 2 rings (SSSR count). The standard InChI is InChI=1S/C12H8F2N2O2/c13-10-2-1-8(4-11(10)14)16-12(18)7-3-9(17)6-15-5-7/h1-6,17H,(H,16,18). The number of hydrogen-bond donors (Lipinski definition) is 2. The minimum Gasteiger partial charge on any atom is -0.506 e. The molecule has 1 heterocycles. The molecule has 92 valence electrons. The second-order valence-corrected chi connectivity index (χ2v) is 3.51. The molecule has 1 aromatic carbocycles. The number of amides is 1. The van der Waals surface area contributed by atoms with E-state index in [2.05, 4.69) is 10.3 Å². The van der Waals surface area contributed by atoms with Crippen LogP contribution in [0.5, 0.6) is 5.75 Å². The number of rotatable bonds is 2. The number of nitrogens with zero attached hydrogens (tertiary/aromatic N) is 1. The summed E-state index contributed by atoms with van der Waals surface area (Å²) in [6.07, 6.45) is 2.42. The number of aromatic nitrogens is 1. The number of carbonyl (C=O) groups excluding carboxylic acids is 1. The van der Waals surface area contributed by atoms with Crippen LogP contribution in [0.2, 0.25) is 0 Å². The highest BCUT2D eigenvalue weighted by molar-refractivity contribution is 6.04. The minimum atomic E-state index is -1.05. The number of anilines is 1. The summed E-state index contributed by atoms with van der Waals surface area (Å²) >= 11 is 0. The van der Waals surface area contributed by atoms with Gasteiger partial charge < -0.3 is 10.4 Å². The molecule has 0 fully saturated rings. The Balaban J connectivity index is 2.18. The van der Waals surface area contributed by atoms with Crippen LogP contribution in [0, 0.1) is 11.6 Å². The Morgan fingerprint density at radius 1 is 1.17 bits per heavy atom. The van der Waals surface area contributed by atoms with Gasteiger partial charge in [0.15, 0.2) is 11.6 Å². The SMILES string of the molecule is O=C(Nc1ccc(F)c(F)c1)c1cncc(O)c1. The normalized spacial score (nSPS) is 10.1. The fourth-order valence-electron chi connectivity index (χ4n) is 1.33. The lowest BCUT2D eigenvalue weighted by atomic mass is 10.2. The smallest absolute Gasteiger partial charge is 0.257 e. The van der Waals surface area contributed by atoms with Crippen molar-refractivity contribution in [3.05, 3.63) is 53.9 Å². The molecule has 0 saturated heterocycles. The molecule has 0 aliphatic carbocycles. The predicted molar refractivity (Wildman–Crippen MR) is 60.2 cm³/mol. The van der Waals surface area contributed by atoms with Crippen molar-refractivity contribution in [1.82, 2.24) is 4.98 Å². The van der Waals surface area contributed by atoms with Crippen LogP contribution in [0.4, 0.5) is 14.5 Å². The fourth-order valence-corrected chi connectivity index (χ4v) is 1.33. The predicted octanol–water partition coefficient (Wildman–Crippen LogP) is 2.32. The number of hydrogen-bond acceptors (Lipinski definition) is 3. The number of carbonyl (C=O) groups is 1. The molecule has 2 aromatic rings. The molecule has 0 saturated carbocycles. The van der Waals surface area contributed by atoms with Crippen molar-refractivity contribution < 1.29 is 18.7 Å². The van der Waals surface area contributed by atoms with Crippen molar-refractivity contribution >= 4 is 11.6 Å². The first kappa shape index (κ1) is 12.0. The van der Waals surface area contributed by atoms with Gasteiger partial charge in [0.2, 0.25) is 0 Å². The molecule has 2 N–H and O–H groups in total. The Labute approximate surface area is 101 Å². The molecule has 0 atom stereocenters. The zero-order valence-corrected chi connectivity index (χ0v) is 9.02. The van der Waals surface area contributed by atoms with E-state index in [1.54, 1.807) is 0 Å². The van der Waals surface area contributed by atoms with Gasteiger partial charge in [0.25, 0.3) is 5.91 Å². The van der Waals surface area contributed by atoms with Gasteiger partial charge in [-0.15, -0.1) is 0 Å². The largest absolute Gasteiger partial charge is 0.506 e. The van der Waals surface area contributed by atoms with E-state index >= 15 is 0 Å². The minimum absolute atomic E-state index is 0.111. The lowest BCUT2D eigenvalue weighted by Crippen LogP contribution is -2.12. The summed E-state index contributed by atoms with van der Waals surface area (Å²) in [5, 5.41) is 11.5. The van der Waals surface area contributed by atoms with E-state index in [1.165, 1.54) is 24.5 Å². The van der Waals surface area contributed by atoms with Gasteiger partial charge in [0, 0.05) is 18.0 Å². The third kappa shape index (κ3) is 2.60. The lowest BCUT2D eigenvalue weighted by Gasteiger charge is -2.05.